The maximum Gasteiger partial charge on any atom is 0.343 e. The number of carbonyl (C=O) groups excluding carboxylic acids is 1. The highest BCUT2D eigenvalue weighted by atomic mass is 16.5. The van der Waals surface area contributed by atoms with Crippen molar-refractivity contribution in [2.75, 3.05) is 6.54 Å². The Kier molecular flexibility index (Phi) is 9.03. The van der Waals surface area contributed by atoms with Gasteiger partial charge in [-0.1, -0.05) is 60.7 Å². The van der Waals surface area contributed by atoms with Crippen molar-refractivity contribution in [2.24, 2.45) is 0 Å². The number of esters is 1. The molecular weight excluding hydrogens is 422 g/mol. The van der Waals surface area contributed by atoms with Gasteiger partial charge in [-0.15, -0.1) is 0 Å². The minimum Gasteiger partial charge on any atom is -0.423 e. The lowest BCUT2D eigenvalue weighted by Gasteiger charge is -2.33. The first-order valence-corrected chi connectivity index (χ1v) is 12.1. The summed E-state index contributed by atoms with van der Waals surface area (Å²) < 4.78 is 6.00. The van der Waals surface area contributed by atoms with E-state index in [1.807, 2.05) is 61.5 Å². The quantitative estimate of drug-likeness (QED) is 0.284. The minimum atomic E-state index is -0.382. The number of aliphatic hydroxyl groups excluding tert-OH is 1. The van der Waals surface area contributed by atoms with Gasteiger partial charge in [-0.3, -0.25) is 4.90 Å². The normalized spacial score (nSPS) is 12.4. The van der Waals surface area contributed by atoms with Crippen molar-refractivity contribution in [3.05, 3.63) is 101 Å². The second-order valence-electron chi connectivity index (χ2n) is 9.37. The zero-order valence-corrected chi connectivity index (χ0v) is 21.0. The van der Waals surface area contributed by atoms with Crippen LogP contribution in [0.25, 0.3) is 0 Å². The lowest BCUT2D eigenvalue weighted by molar-refractivity contribution is 0.0731. The van der Waals surface area contributed by atoms with Crippen LogP contribution in [0.5, 0.6) is 5.75 Å². The van der Waals surface area contributed by atoms with E-state index in [0.717, 1.165) is 35.2 Å². The number of aryl methyl sites for hydroxylation is 1. The molecule has 0 spiro atoms. The summed E-state index contributed by atoms with van der Waals surface area (Å²) in [6.45, 7) is 11.5. The van der Waals surface area contributed by atoms with Gasteiger partial charge in [0, 0.05) is 23.6 Å². The molecule has 0 amide bonds. The predicted octanol–water partition coefficient (Wildman–Crippen LogP) is 6.35. The highest BCUT2D eigenvalue weighted by Gasteiger charge is 2.25. The van der Waals surface area contributed by atoms with E-state index in [-0.39, 0.29) is 18.5 Å². The topological polar surface area (TPSA) is 49.8 Å². The van der Waals surface area contributed by atoms with Crippen LogP contribution in [0.2, 0.25) is 0 Å². The number of ether oxygens (including phenoxy) is 1. The molecule has 0 aliphatic carbocycles. The predicted molar refractivity (Wildman–Crippen MR) is 138 cm³/mol. The second kappa shape index (κ2) is 12.0. The maximum atomic E-state index is 13.1. The minimum absolute atomic E-state index is 0.0239. The number of hydrogen-bond donors (Lipinski definition) is 1. The molecular formula is C30H37NO3. The third-order valence-corrected chi connectivity index (χ3v) is 6.45. The number of carbonyl (C=O) groups is 1. The Bertz CT molecular complexity index is 1070. The summed E-state index contributed by atoms with van der Waals surface area (Å²) in [4.78, 5) is 15.6. The summed E-state index contributed by atoms with van der Waals surface area (Å²) in [5, 5.41) is 10.2. The van der Waals surface area contributed by atoms with Gasteiger partial charge in [0.2, 0.25) is 0 Å². The number of nitrogens with zero attached hydrogens (tertiary/aromatic N) is 1. The molecule has 0 fully saturated rings. The molecule has 3 aromatic rings. The van der Waals surface area contributed by atoms with Crippen LogP contribution in [0.1, 0.15) is 72.6 Å². The summed E-state index contributed by atoms with van der Waals surface area (Å²) in [6, 6.07) is 24.2. The Morgan fingerprint density at radius 2 is 1.53 bits per heavy atom. The molecule has 1 N–H and O–H groups in total. The smallest absolute Gasteiger partial charge is 0.343 e. The number of hydrogen-bond acceptors (Lipinski definition) is 4. The Labute approximate surface area is 204 Å². The van der Waals surface area contributed by atoms with E-state index >= 15 is 0 Å². The van der Waals surface area contributed by atoms with E-state index in [4.69, 9.17) is 4.74 Å². The molecule has 0 aliphatic heterocycles. The first-order chi connectivity index (χ1) is 16.3. The van der Waals surface area contributed by atoms with E-state index in [1.165, 1.54) is 0 Å². The fourth-order valence-electron chi connectivity index (χ4n) is 4.72. The molecule has 1 unspecified atom stereocenters. The SMILES string of the molecule is Cc1ccccc1C(=O)Oc1cccc(CO)c1C(CCN(C(C)C)C(C)C)c1ccccc1. The van der Waals surface area contributed by atoms with Crippen LogP contribution in [0.3, 0.4) is 0 Å². The van der Waals surface area contributed by atoms with Crippen molar-refractivity contribution in [1.82, 2.24) is 4.90 Å². The fraction of sp³-hybridized carbons (Fsp3) is 0.367. The molecule has 3 rings (SSSR count). The summed E-state index contributed by atoms with van der Waals surface area (Å²) in [6.07, 6.45) is 0.840. The van der Waals surface area contributed by atoms with Gasteiger partial charge in [0.05, 0.1) is 12.2 Å². The summed E-state index contributed by atoms with van der Waals surface area (Å²) in [5.41, 5.74) is 4.22. The average Bonchev–Trinajstić information content (AvgIpc) is 2.82. The van der Waals surface area contributed by atoms with Crippen molar-refractivity contribution in [3.63, 3.8) is 0 Å². The Morgan fingerprint density at radius 1 is 0.882 bits per heavy atom. The van der Waals surface area contributed by atoms with E-state index in [2.05, 4.69) is 44.7 Å². The maximum absolute atomic E-state index is 13.1. The lowest BCUT2D eigenvalue weighted by atomic mass is 9.84. The van der Waals surface area contributed by atoms with E-state index in [1.54, 1.807) is 6.07 Å². The molecule has 0 aromatic heterocycles. The van der Waals surface area contributed by atoms with Gasteiger partial charge in [-0.25, -0.2) is 4.79 Å². The van der Waals surface area contributed by atoms with Crippen LogP contribution >= 0.6 is 0 Å². The fourth-order valence-corrected chi connectivity index (χ4v) is 4.72. The van der Waals surface area contributed by atoms with Crippen LogP contribution in [-0.2, 0) is 6.61 Å². The van der Waals surface area contributed by atoms with Gasteiger partial charge in [0.15, 0.2) is 0 Å². The zero-order chi connectivity index (χ0) is 24.7. The number of rotatable bonds is 10. The van der Waals surface area contributed by atoms with Crippen LogP contribution < -0.4 is 4.74 Å². The van der Waals surface area contributed by atoms with Crippen LogP contribution in [-0.4, -0.2) is 34.6 Å². The van der Waals surface area contributed by atoms with E-state index in [9.17, 15) is 9.90 Å². The molecule has 0 saturated carbocycles. The van der Waals surface area contributed by atoms with Gasteiger partial charge in [-0.2, -0.15) is 0 Å². The van der Waals surface area contributed by atoms with Crippen LogP contribution in [0.15, 0.2) is 72.8 Å². The third kappa shape index (κ3) is 6.13. The first-order valence-electron chi connectivity index (χ1n) is 12.1. The molecule has 0 heterocycles. The molecule has 1 atom stereocenters. The standard InChI is InChI=1S/C30H37NO3/c1-21(2)31(22(3)4)19-18-27(24-13-7-6-8-14-24)29-25(20-32)15-11-17-28(29)34-30(33)26-16-10-9-12-23(26)5/h6-17,21-22,27,32H,18-20H2,1-5H3. The average molecular weight is 460 g/mol. The van der Waals surface area contributed by atoms with Gasteiger partial charge in [0.1, 0.15) is 5.75 Å². The second-order valence-corrected chi connectivity index (χ2v) is 9.37. The summed E-state index contributed by atoms with van der Waals surface area (Å²) in [7, 11) is 0. The zero-order valence-electron chi connectivity index (χ0n) is 21.0. The first kappa shape index (κ1) is 25.7. The highest BCUT2D eigenvalue weighted by Crippen LogP contribution is 2.38. The molecule has 3 aromatic carbocycles. The van der Waals surface area contributed by atoms with E-state index in [0.29, 0.717) is 23.4 Å². The third-order valence-electron chi connectivity index (χ3n) is 6.45. The summed E-state index contributed by atoms with van der Waals surface area (Å²) >= 11 is 0. The lowest BCUT2D eigenvalue weighted by Crippen LogP contribution is -2.38. The molecule has 4 heteroatoms. The molecule has 0 radical (unpaired) electrons. The molecule has 0 bridgehead atoms. The molecule has 0 aliphatic rings. The van der Waals surface area contributed by atoms with Crippen molar-refractivity contribution in [1.29, 1.82) is 0 Å². The van der Waals surface area contributed by atoms with Crippen molar-refractivity contribution < 1.29 is 14.6 Å². The monoisotopic (exact) mass is 459 g/mol. The molecule has 180 valence electrons. The van der Waals surface area contributed by atoms with E-state index < -0.39 is 0 Å². The van der Waals surface area contributed by atoms with Gasteiger partial charge in [-0.05, 0) is 76.4 Å². The van der Waals surface area contributed by atoms with Gasteiger partial charge >= 0.3 is 5.97 Å². The van der Waals surface area contributed by atoms with Crippen molar-refractivity contribution in [3.8, 4) is 5.75 Å². The largest absolute Gasteiger partial charge is 0.423 e. The molecule has 4 nitrogen and oxygen atoms in total. The Morgan fingerprint density at radius 3 is 2.15 bits per heavy atom. The molecule has 34 heavy (non-hydrogen) atoms. The highest BCUT2D eigenvalue weighted by molar-refractivity contribution is 5.92. The van der Waals surface area contributed by atoms with Crippen molar-refractivity contribution >= 4 is 5.97 Å². The molecule has 0 saturated heterocycles. The van der Waals surface area contributed by atoms with Crippen LogP contribution in [0.4, 0.5) is 0 Å². The van der Waals surface area contributed by atoms with Gasteiger partial charge in [0.25, 0.3) is 0 Å². The Hall–Kier alpha value is -2.95. The van der Waals surface area contributed by atoms with Gasteiger partial charge < -0.3 is 9.84 Å². The number of benzene rings is 3. The van der Waals surface area contributed by atoms with Crippen molar-refractivity contribution in [2.45, 2.75) is 65.6 Å². The number of aliphatic hydroxyl groups is 1. The summed E-state index contributed by atoms with van der Waals surface area (Å²) in [5.74, 6) is 0.103. The Balaban J connectivity index is 2.04. The van der Waals surface area contributed by atoms with Crippen LogP contribution in [0, 0.1) is 6.92 Å².